The molecule has 0 saturated heterocycles. The summed E-state index contributed by atoms with van der Waals surface area (Å²) in [6.45, 7) is 2.02. The van der Waals surface area contributed by atoms with E-state index in [1.54, 1.807) is 18.7 Å². The van der Waals surface area contributed by atoms with Gasteiger partial charge in [0.15, 0.2) is 10.8 Å². The Morgan fingerprint density at radius 3 is 3.06 bits per heavy atom. The second-order valence-corrected chi connectivity index (χ2v) is 5.27. The average Bonchev–Trinajstić information content (AvgIpc) is 2.73. The van der Waals surface area contributed by atoms with Crippen LogP contribution in [0.1, 0.15) is 13.3 Å². The van der Waals surface area contributed by atoms with Crippen molar-refractivity contribution in [3.05, 3.63) is 24.4 Å². The van der Waals surface area contributed by atoms with Crippen molar-refractivity contribution in [2.24, 2.45) is 5.73 Å². The van der Waals surface area contributed by atoms with Crippen LogP contribution in [0.2, 0.25) is 0 Å². The van der Waals surface area contributed by atoms with E-state index in [0.717, 1.165) is 16.6 Å². The van der Waals surface area contributed by atoms with Gasteiger partial charge in [-0.05, 0) is 25.5 Å². The van der Waals surface area contributed by atoms with Crippen LogP contribution in [-0.2, 0) is 0 Å². The molecular formula is C11H16N4OS. The van der Waals surface area contributed by atoms with Crippen molar-refractivity contribution in [3.8, 4) is 0 Å². The number of rotatable bonds is 5. The van der Waals surface area contributed by atoms with Gasteiger partial charge in [-0.15, -0.1) is 10.2 Å². The van der Waals surface area contributed by atoms with E-state index < -0.39 is 5.60 Å². The molecule has 0 aliphatic rings. The summed E-state index contributed by atoms with van der Waals surface area (Å²) < 4.78 is 1.93. The lowest BCUT2D eigenvalue weighted by molar-refractivity contribution is 0.0665. The van der Waals surface area contributed by atoms with E-state index in [4.69, 9.17) is 5.73 Å². The quantitative estimate of drug-likeness (QED) is 0.774. The molecule has 0 aromatic carbocycles. The normalized spacial score (nSPS) is 15.0. The zero-order valence-corrected chi connectivity index (χ0v) is 10.5. The number of pyridine rings is 1. The van der Waals surface area contributed by atoms with Crippen molar-refractivity contribution < 1.29 is 5.11 Å². The molecule has 5 nitrogen and oxygen atoms in total. The Morgan fingerprint density at radius 2 is 2.29 bits per heavy atom. The second-order valence-electron chi connectivity index (χ2n) is 4.21. The molecule has 0 aliphatic carbocycles. The lowest BCUT2D eigenvalue weighted by atomic mass is 10.1. The van der Waals surface area contributed by atoms with Crippen LogP contribution in [0.25, 0.3) is 5.65 Å². The van der Waals surface area contributed by atoms with E-state index in [1.807, 2.05) is 28.8 Å². The summed E-state index contributed by atoms with van der Waals surface area (Å²) in [6.07, 6.45) is 2.56. The predicted molar refractivity (Wildman–Crippen MR) is 68.0 cm³/mol. The van der Waals surface area contributed by atoms with Crippen molar-refractivity contribution >= 4 is 17.4 Å². The van der Waals surface area contributed by atoms with Crippen LogP contribution in [-0.4, -0.2) is 37.6 Å². The van der Waals surface area contributed by atoms with Crippen molar-refractivity contribution in [3.63, 3.8) is 0 Å². The van der Waals surface area contributed by atoms with E-state index in [0.29, 0.717) is 6.42 Å². The lowest BCUT2D eigenvalue weighted by Crippen LogP contribution is -2.34. The Hall–Kier alpha value is -1.11. The van der Waals surface area contributed by atoms with Crippen LogP contribution in [0.5, 0.6) is 0 Å². The third kappa shape index (κ3) is 2.96. The van der Waals surface area contributed by atoms with Gasteiger partial charge >= 0.3 is 0 Å². The third-order valence-corrected chi connectivity index (χ3v) is 3.54. The fraction of sp³-hybridized carbons (Fsp3) is 0.455. The van der Waals surface area contributed by atoms with Gasteiger partial charge in [-0.3, -0.25) is 4.40 Å². The van der Waals surface area contributed by atoms with Crippen molar-refractivity contribution in [1.29, 1.82) is 0 Å². The fourth-order valence-electron chi connectivity index (χ4n) is 1.38. The molecule has 17 heavy (non-hydrogen) atoms. The number of hydrogen-bond donors (Lipinski definition) is 2. The summed E-state index contributed by atoms with van der Waals surface area (Å²) >= 11 is 1.57. The van der Waals surface area contributed by atoms with Gasteiger partial charge in [-0.2, -0.15) is 0 Å². The molecule has 6 heteroatoms. The van der Waals surface area contributed by atoms with E-state index in [1.165, 1.54) is 0 Å². The largest absolute Gasteiger partial charge is 0.389 e. The Balaban J connectivity index is 2.00. The van der Waals surface area contributed by atoms with Crippen molar-refractivity contribution in [2.75, 3.05) is 12.3 Å². The van der Waals surface area contributed by atoms with E-state index >= 15 is 0 Å². The van der Waals surface area contributed by atoms with Crippen LogP contribution < -0.4 is 5.73 Å². The van der Waals surface area contributed by atoms with E-state index in [9.17, 15) is 5.11 Å². The molecule has 1 unspecified atom stereocenters. The topological polar surface area (TPSA) is 76.4 Å². The molecule has 2 heterocycles. The maximum absolute atomic E-state index is 9.78. The molecule has 2 aromatic rings. The first-order valence-corrected chi connectivity index (χ1v) is 6.46. The summed E-state index contributed by atoms with van der Waals surface area (Å²) in [4.78, 5) is 0. The zero-order valence-electron chi connectivity index (χ0n) is 9.71. The summed E-state index contributed by atoms with van der Waals surface area (Å²) in [6, 6.07) is 5.78. The molecule has 92 valence electrons. The van der Waals surface area contributed by atoms with Crippen molar-refractivity contribution in [2.45, 2.75) is 24.1 Å². The minimum atomic E-state index is -0.798. The van der Waals surface area contributed by atoms with Gasteiger partial charge in [-0.25, -0.2) is 0 Å². The number of fused-ring (bicyclic) bond motifs is 1. The first kappa shape index (κ1) is 12.3. The average molecular weight is 252 g/mol. The molecule has 0 saturated carbocycles. The monoisotopic (exact) mass is 252 g/mol. The maximum Gasteiger partial charge on any atom is 0.195 e. The second kappa shape index (κ2) is 5.03. The van der Waals surface area contributed by atoms with Gasteiger partial charge in [0, 0.05) is 18.5 Å². The highest BCUT2D eigenvalue weighted by Gasteiger charge is 2.18. The Bertz CT molecular complexity index is 497. The smallest absolute Gasteiger partial charge is 0.195 e. The molecule has 3 N–H and O–H groups in total. The van der Waals surface area contributed by atoms with Gasteiger partial charge in [0.25, 0.3) is 0 Å². The number of hydrogen-bond acceptors (Lipinski definition) is 5. The number of nitrogens with two attached hydrogens (primary N) is 1. The number of aromatic nitrogens is 3. The predicted octanol–water partition coefficient (Wildman–Crippen LogP) is 0.921. The molecule has 0 bridgehead atoms. The van der Waals surface area contributed by atoms with Crippen LogP contribution in [0.15, 0.2) is 29.6 Å². The Kier molecular flexibility index (Phi) is 3.66. The number of aliphatic hydroxyl groups is 1. The van der Waals surface area contributed by atoms with Gasteiger partial charge in [-0.1, -0.05) is 17.8 Å². The lowest BCUT2D eigenvalue weighted by Gasteiger charge is -2.19. The number of nitrogens with zero attached hydrogens (tertiary/aromatic N) is 3. The molecule has 0 amide bonds. The zero-order chi connectivity index (χ0) is 12.3. The summed E-state index contributed by atoms with van der Waals surface area (Å²) in [7, 11) is 0. The molecular weight excluding hydrogens is 236 g/mol. The van der Waals surface area contributed by atoms with E-state index in [2.05, 4.69) is 10.2 Å². The first-order valence-electron chi connectivity index (χ1n) is 5.47. The van der Waals surface area contributed by atoms with Crippen LogP contribution in [0.3, 0.4) is 0 Å². The van der Waals surface area contributed by atoms with E-state index in [-0.39, 0.29) is 6.54 Å². The summed E-state index contributed by atoms with van der Waals surface area (Å²) in [5.74, 6) is 0.764. The van der Waals surface area contributed by atoms with Crippen molar-refractivity contribution in [1.82, 2.24) is 14.6 Å². The molecule has 0 fully saturated rings. The molecule has 2 rings (SSSR count). The van der Waals surface area contributed by atoms with Gasteiger partial charge < -0.3 is 10.8 Å². The first-order chi connectivity index (χ1) is 8.12. The minimum Gasteiger partial charge on any atom is -0.389 e. The van der Waals surface area contributed by atoms with Crippen LogP contribution >= 0.6 is 11.8 Å². The maximum atomic E-state index is 9.78. The fourth-order valence-corrected chi connectivity index (χ4v) is 2.50. The molecule has 0 radical (unpaired) electrons. The Labute approximate surface area is 104 Å². The summed E-state index contributed by atoms with van der Waals surface area (Å²) in [5.41, 5.74) is 5.50. The highest BCUT2D eigenvalue weighted by molar-refractivity contribution is 7.99. The molecule has 0 aliphatic heterocycles. The Morgan fingerprint density at radius 1 is 1.47 bits per heavy atom. The highest BCUT2D eigenvalue weighted by atomic mass is 32.2. The van der Waals surface area contributed by atoms with Crippen LogP contribution in [0, 0.1) is 0 Å². The molecule has 0 spiro atoms. The number of thioether (sulfide) groups is 1. The molecule has 2 aromatic heterocycles. The van der Waals surface area contributed by atoms with Gasteiger partial charge in [0.1, 0.15) is 0 Å². The SMILES string of the molecule is CC(O)(CN)CCSc1nnc2ccccn12. The molecule has 1 atom stereocenters. The van der Waals surface area contributed by atoms with Gasteiger partial charge in [0.05, 0.1) is 5.60 Å². The minimum absolute atomic E-state index is 0.272. The summed E-state index contributed by atoms with van der Waals surface area (Å²) in [5, 5.41) is 18.8. The van der Waals surface area contributed by atoms with Gasteiger partial charge in [0.2, 0.25) is 0 Å². The standard InChI is InChI=1S/C11H16N4OS/c1-11(16,8-12)5-7-17-10-14-13-9-4-2-3-6-15(9)10/h2-4,6,16H,5,7-8,12H2,1H3. The third-order valence-electron chi connectivity index (χ3n) is 2.59. The highest BCUT2D eigenvalue weighted by Crippen LogP contribution is 2.20. The van der Waals surface area contributed by atoms with Crippen LogP contribution in [0.4, 0.5) is 0 Å².